The number of nitriles is 1. The second-order valence-electron chi connectivity index (χ2n) is 5.99. The van der Waals surface area contributed by atoms with Crippen molar-refractivity contribution in [3.8, 4) is 6.07 Å². The first-order valence-electron chi connectivity index (χ1n) is 8.21. The van der Waals surface area contributed by atoms with Crippen molar-refractivity contribution in [2.45, 2.75) is 51.7 Å². The molecule has 1 aromatic rings. The van der Waals surface area contributed by atoms with Crippen LogP contribution in [0.3, 0.4) is 0 Å². The minimum Gasteiger partial charge on any atom is -0.378 e. The molecule has 124 valence electrons. The van der Waals surface area contributed by atoms with Crippen molar-refractivity contribution in [3.63, 3.8) is 0 Å². The van der Waals surface area contributed by atoms with E-state index in [0.717, 1.165) is 25.7 Å². The first kappa shape index (κ1) is 17.8. The van der Waals surface area contributed by atoms with E-state index in [-0.39, 0.29) is 18.1 Å². The molecule has 1 heterocycles. The zero-order chi connectivity index (χ0) is 16.8. The summed E-state index contributed by atoms with van der Waals surface area (Å²) in [5.74, 6) is 0.394. The van der Waals surface area contributed by atoms with E-state index in [9.17, 15) is 4.79 Å². The van der Waals surface area contributed by atoms with Gasteiger partial charge in [0.2, 0.25) is 0 Å². The molecule has 0 radical (unpaired) electrons. The Labute approximate surface area is 142 Å². The Balaban J connectivity index is 1.99. The summed E-state index contributed by atoms with van der Waals surface area (Å²) < 4.78 is 5.88. The van der Waals surface area contributed by atoms with Gasteiger partial charge in [-0.3, -0.25) is 4.79 Å². The van der Waals surface area contributed by atoms with Gasteiger partial charge in [0.15, 0.2) is 0 Å². The highest BCUT2D eigenvalue weighted by Gasteiger charge is 2.28. The molecule has 0 aromatic heterocycles. The predicted octanol–water partition coefficient (Wildman–Crippen LogP) is 3.93. The van der Waals surface area contributed by atoms with Crippen molar-refractivity contribution < 1.29 is 9.53 Å². The summed E-state index contributed by atoms with van der Waals surface area (Å²) in [6.07, 6.45) is 4.07. The quantitative estimate of drug-likeness (QED) is 0.887. The fourth-order valence-electron chi connectivity index (χ4n) is 3.12. The van der Waals surface area contributed by atoms with Gasteiger partial charge in [-0.15, -0.1) is 0 Å². The maximum absolute atomic E-state index is 12.4. The fourth-order valence-corrected chi connectivity index (χ4v) is 3.34. The minimum atomic E-state index is -0.147. The number of amides is 1. The Hall–Kier alpha value is -1.57. The number of ether oxygens (including phenoxy) is 1. The standard InChI is InChI=1S/C18H23ClN2O2/c1-3-12(4-2)17-10-15(7-8-23-17)21-18(22)13-5-6-14(11-20)16(19)9-13/h5-6,9,12,15,17H,3-4,7-8,10H2,1-2H3,(H,21,22). The van der Waals surface area contributed by atoms with Crippen LogP contribution >= 0.6 is 11.6 Å². The van der Waals surface area contributed by atoms with Crippen LogP contribution in [-0.2, 0) is 4.74 Å². The van der Waals surface area contributed by atoms with Crippen molar-refractivity contribution >= 4 is 17.5 Å². The maximum Gasteiger partial charge on any atom is 0.251 e. The van der Waals surface area contributed by atoms with Crippen LogP contribution in [0.15, 0.2) is 18.2 Å². The van der Waals surface area contributed by atoms with Crippen molar-refractivity contribution in [2.75, 3.05) is 6.61 Å². The predicted molar refractivity (Wildman–Crippen MR) is 90.5 cm³/mol. The van der Waals surface area contributed by atoms with E-state index < -0.39 is 0 Å². The first-order valence-corrected chi connectivity index (χ1v) is 8.58. The molecule has 1 N–H and O–H groups in total. The second kappa shape index (κ2) is 8.33. The van der Waals surface area contributed by atoms with Crippen molar-refractivity contribution in [1.29, 1.82) is 5.26 Å². The molecule has 2 rings (SSSR count). The lowest BCUT2D eigenvalue weighted by Gasteiger charge is -2.34. The lowest BCUT2D eigenvalue weighted by Crippen LogP contribution is -2.44. The summed E-state index contributed by atoms with van der Waals surface area (Å²) in [7, 11) is 0. The molecule has 2 unspecified atom stereocenters. The van der Waals surface area contributed by atoms with Crippen molar-refractivity contribution in [1.82, 2.24) is 5.32 Å². The Morgan fingerprint density at radius 2 is 2.22 bits per heavy atom. The molecule has 0 spiro atoms. The number of rotatable bonds is 5. The summed E-state index contributed by atoms with van der Waals surface area (Å²) in [5.41, 5.74) is 0.864. The second-order valence-corrected chi connectivity index (χ2v) is 6.39. The van der Waals surface area contributed by atoms with Crippen LogP contribution in [0.25, 0.3) is 0 Å². The Morgan fingerprint density at radius 3 is 2.83 bits per heavy atom. The third-order valence-electron chi connectivity index (χ3n) is 4.58. The highest BCUT2D eigenvalue weighted by atomic mass is 35.5. The van der Waals surface area contributed by atoms with E-state index in [0.29, 0.717) is 28.7 Å². The molecule has 5 heteroatoms. The monoisotopic (exact) mass is 334 g/mol. The molecule has 23 heavy (non-hydrogen) atoms. The lowest BCUT2D eigenvalue weighted by atomic mass is 9.89. The van der Waals surface area contributed by atoms with E-state index in [4.69, 9.17) is 21.6 Å². The van der Waals surface area contributed by atoms with E-state index in [2.05, 4.69) is 19.2 Å². The van der Waals surface area contributed by atoms with Crippen molar-refractivity contribution in [3.05, 3.63) is 34.3 Å². The molecule has 1 amide bonds. The van der Waals surface area contributed by atoms with Crippen molar-refractivity contribution in [2.24, 2.45) is 5.92 Å². The normalized spacial score (nSPS) is 21.0. The molecule has 0 bridgehead atoms. The maximum atomic E-state index is 12.4. The highest BCUT2D eigenvalue weighted by Crippen LogP contribution is 2.25. The minimum absolute atomic E-state index is 0.122. The number of halogens is 1. The molecule has 2 atom stereocenters. The molecule has 1 aliphatic rings. The average Bonchev–Trinajstić information content (AvgIpc) is 2.56. The van der Waals surface area contributed by atoms with Crippen LogP contribution in [0, 0.1) is 17.2 Å². The largest absolute Gasteiger partial charge is 0.378 e. The number of carbonyl (C=O) groups excluding carboxylic acids is 1. The average molecular weight is 335 g/mol. The molecule has 0 saturated carbocycles. The van der Waals surface area contributed by atoms with Gasteiger partial charge in [0, 0.05) is 18.2 Å². The summed E-state index contributed by atoms with van der Waals surface area (Å²) in [6, 6.07) is 6.88. The molecule has 4 nitrogen and oxygen atoms in total. The highest BCUT2D eigenvalue weighted by molar-refractivity contribution is 6.32. The number of benzene rings is 1. The molecule has 0 aliphatic carbocycles. The molecule has 1 aliphatic heterocycles. The summed E-state index contributed by atoms with van der Waals surface area (Å²) >= 11 is 6.00. The van der Waals surface area contributed by atoms with Gasteiger partial charge < -0.3 is 10.1 Å². The zero-order valence-electron chi connectivity index (χ0n) is 13.6. The third kappa shape index (κ3) is 4.46. The number of hydrogen-bond acceptors (Lipinski definition) is 3. The third-order valence-corrected chi connectivity index (χ3v) is 4.89. The lowest BCUT2D eigenvalue weighted by molar-refractivity contribution is -0.0337. The Kier molecular flexibility index (Phi) is 6.44. The van der Waals surface area contributed by atoms with Gasteiger partial charge in [-0.05, 0) is 37.0 Å². The summed E-state index contributed by atoms with van der Waals surface area (Å²) in [4.78, 5) is 12.4. The summed E-state index contributed by atoms with van der Waals surface area (Å²) in [6.45, 7) is 5.04. The van der Waals surface area contributed by atoms with Gasteiger partial charge in [-0.1, -0.05) is 38.3 Å². The Morgan fingerprint density at radius 1 is 1.48 bits per heavy atom. The van der Waals surface area contributed by atoms with Crippen LogP contribution < -0.4 is 5.32 Å². The SMILES string of the molecule is CCC(CC)C1CC(NC(=O)c2ccc(C#N)c(Cl)c2)CCO1. The van der Waals surface area contributed by atoms with E-state index in [1.54, 1.807) is 18.2 Å². The van der Waals surface area contributed by atoms with Gasteiger partial charge in [0.25, 0.3) is 5.91 Å². The van der Waals surface area contributed by atoms with Gasteiger partial charge in [0.1, 0.15) is 6.07 Å². The topological polar surface area (TPSA) is 62.1 Å². The molecule has 1 fully saturated rings. The van der Waals surface area contributed by atoms with Crippen LogP contribution in [0.2, 0.25) is 5.02 Å². The number of nitrogens with one attached hydrogen (secondary N) is 1. The Bertz CT molecular complexity index is 593. The number of hydrogen-bond donors (Lipinski definition) is 1. The van der Waals surface area contributed by atoms with E-state index in [1.807, 2.05) is 6.07 Å². The smallest absolute Gasteiger partial charge is 0.251 e. The molecule has 1 saturated heterocycles. The fraction of sp³-hybridized carbons (Fsp3) is 0.556. The van der Waals surface area contributed by atoms with Gasteiger partial charge in [0.05, 0.1) is 16.7 Å². The van der Waals surface area contributed by atoms with Gasteiger partial charge in [-0.25, -0.2) is 0 Å². The zero-order valence-corrected chi connectivity index (χ0v) is 14.4. The number of carbonyl (C=O) groups is 1. The van der Waals surface area contributed by atoms with E-state index >= 15 is 0 Å². The number of nitrogens with zero attached hydrogens (tertiary/aromatic N) is 1. The van der Waals surface area contributed by atoms with Crippen LogP contribution in [0.5, 0.6) is 0 Å². The van der Waals surface area contributed by atoms with Gasteiger partial charge in [-0.2, -0.15) is 5.26 Å². The van der Waals surface area contributed by atoms with Crippen LogP contribution in [0.1, 0.15) is 55.5 Å². The van der Waals surface area contributed by atoms with Crippen LogP contribution in [0.4, 0.5) is 0 Å². The molecule has 1 aromatic carbocycles. The van der Waals surface area contributed by atoms with Crippen LogP contribution in [-0.4, -0.2) is 24.7 Å². The van der Waals surface area contributed by atoms with E-state index in [1.165, 1.54) is 0 Å². The molecular weight excluding hydrogens is 312 g/mol. The summed E-state index contributed by atoms with van der Waals surface area (Å²) in [5, 5.41) is 12.3. The first-order chi connectivity index (χ1) is 11.1. The van der Waals surface area contributed by atoms with Gasteiger partial charge >= 0.3 is 0 Å². The molecular formula is C18H23ClN2O2.